The van der Waals surface area contributed by atoms with E-state index < -0.39 is 79.0 Å². The van der Waals surface area contributed by atoms with Crippen LogP contribution >= 0.6 is 0 Å². The molecule has 0 radical (unpaired) electrons. The third-order valence-electron chi connectivity index (χ3n) is 5.85. The number of nitrogens with zero attached hydrogens (tertiary/aromatic N) is 1. The fourth-order valence-corrected chi connectivity index (χ4v) is 4.20. The molecule has 0 saturated carbocycles. The number of imide groups is 1. The van der Waals surface area contributed by atoms with Gasteiger partial charge in [-0.1, -0.05) is 17.2 Å². The highest BCUT2D eigenvalue weighted by atomic mass is 16.7. The number of fused-ring (bicyclic) bond motifs is 1. The van der Waals surface area contributed by atoms with Crippen molar-refractivity contribution in [2.75, 3.05) is 13.7 Å². The van der Waals surface area contributed by atoms with Gasteiger partial charge in [-0.2, -0.15) is 0 Å². The highest BCUT2D eigenvalue weighted by Crippen LogP contribution is 2.30. The maximum Gasteiger partial charge on any atom is 0.333 e. The normalized spacial score (nSPS) is 23.3. The standard InChI is InChI=1S/C26H29NO14/c1-13(28)37-21-18(40-26(35-4)23(39-15(3)30)22(21)38-14(2)29)12-36-19(31)10-7-11-20(32)41-27-24(33)16-8-5-6-9-17(16)25(27)34/h5-6,8-9,18,21-23,26H,7,10-12H2,1-4H3/t18-,21-,22+,23-,26+/m1/s1. The molecule has 5 atom stereocenters. The van der Waals surface area contributed by atoms with Crippen LogP contribution in [0.15, 0.2) is 24.3 Å². The molecule has 1 aromatic rings. The van der Waals surface area contributed by atoms with Gasteiger partial charge >= 0.3 is 29.8 Å². The Balaban J connectivity index is 1.55. The summed E-state index contributed by atoms with van der Waals surface area (Å²) in [4.78, 5) is 89.3. The molecule has 41 heavy (non-hydrogen) atoms. The Kier molecular flexibility index (Phi) is 10.5. The average Bonchev–Trinajstić information content (AvgIpc) is 3.14. The van der Waals surface area contributed by atoms with Crippen LogP contribution in [0.5, 0.6) is 0 Å². The first-order chi connectivity index (χ1) is 19.4. The molecule has 0 bridgehead atoms. The van der Waals surface area contributed by atoms with Crippen molar-refractivity contribution in [3.05, 3.63) is 35.4 Å². The zero-order valence-corrected chi connectivity index (χ0v) is 22.7. The van der Waals surface area contributed by atoms with Crippen LogP contribution in [-0.2, 0) is 57.2 Å². The van der Waals surface area contributed by atoms with Crippen LogP contribution in [0.3, 0.4) is 0 Å². The van der Waals surface area contributed by atoms with Gasteiger partial charge in [-0.3, -0.25) is 28.8 Å². The number of hydrogen-bond donors (Lipinski definition) is 0. The maximum atomic E-state index is 12.4. The van der Waals surface area contributed by atoms with Gasteiger partial charge < -0.3 is 33.3 Å². The molecule has 2 amide bonds. The minimum atomic E-state index is -1.35. The number of benzene rings is 1. The number of hydroxylamine groups is 2. The molecule has 0 spiro atoms. The van der Waals surface area contributed by atoms with Gasteiger partial charge in [0.1, 0.15) is 12.7 Å². The van der Waals surface area contributed by atoms with E-state index in [-0.39, 0.29) is 30.4 Å². The molecule has 2 aliphatic heterocycles. The van der Waals surface area contributed by atoms with Crippen molar-refractivity contribution in [2.45, 2.75) is 70.7 Å². The first-order valence-corrected chi connectivity index (χ1v) is 12.5. The second-order valence-electron chi connectivity index (χ2n) is 8.95. The lowest BCUT2D eigenvalue weighted by Crippen LogP contribution is -2.62. The molecule has 222 valence electrons. The Morgan fingerprint density at radius 3 is 1.83 bits per heavy atom. The van der Waals surface area contributed by atoms with Gasteiger partial charge in [0.05, 0.1) is 11.1 Å². The molecule has 2 heterocycles. The topological polar surface area (TPSA) is 187 Å². The summed E-state index contributed by atoms with van der Waals surface area (Å²) in [5.74, 6) is -5.53. The first-order valence-electron chi connectivity index (χ1n) is 12.5. The predicted octanol–water partition coefficient (Wildman–Crippen LogP) is 0.621. The first kappa shape index (κ1) is 31.2. The Labute approximate surface area is 233 Å². The van der Waals surface area contributed by atoms with Crippen LogP contribution in [0.1, 0.15) is 60.7 Å². The minimum Gasteiger partial charge on any atom is -0.463 e. The van der Waals surface area contributed by atoms with Crippen molar-refractivity contribution in [3.63, 3.8) is 0 Å². The molecular formula is C26H29NO14. The minimum absolute atomic E-state index is 0.0506. The van der Waals surface area contributed by atoms with Gasteiger partial charge in [0, 0.05) is 40.7 Å². The van der Waals surface area contributed by atoms with Crippen LogP contribution in [-0.4, -0.2) is 91.1 Å². The number of hydrogen-bond acceptors (Lipinski definition) is 14. The van der Waals surface area contributed by atoms with Crippen molar-refractivity contribution in [2.24, 2.45) is 0 Å². The van der Waals surface area contributed by atoms with Gasteiger partial charge in [0.25, 0.3) is 11.8 Å². The van der Waals surface area contributed by atoms with E-state index in [4.69, 9.17) is 33.3 Å². The Morgan fingerprint density at radius 2 is 1.29 bits per heavy atom. The summed E-state index contributed by atoms with van der Waals surface area (Å²) in [5, 5.41) is 0.371. The SMILES string of the molecule is CO[C@H]1O[C@H](COC(=O)CCCC(=O)ON2C(=O)c3ccccc3C2=O)[C@@H](OC(C)=O)[C@H](OC(C)=O)[C@H]1OC(C)=O. The number of amides is 2. The zero-order valence-electron chi connectivity index (χ0n) is 22.7. The summed E-state index contributed by atoms with van der Waals surface area (Å²) in [7, 11) is 1.24. The molecule has 15 heteroatoms. The van der Waals surface area contributed by atoms with Gasteiger partial charge in [0.15, 0.2) is 24.6 Å². The van der Waals surface area contributed by atoms with Crippen LogP contribution in [0.4, 0.5) is 0 Å². The molecule has 3 rings (SSSR count). The summed E-state index contributed by atoms with van der Waals surface area (Å²) in [5.41, 5.74) is 0.216. The number of esters is 4. The van der Waals surface area contributed by atoms with E-state index in [1.54, 1.807) is 12.1 Å². The highest BCUT2D eigenvalue weighted by molar-refractivity contribution is 6.20. The Hall–Kier alpha value is -4.37. The van der Waals surface area contributed by atoms with Gasteiger partial charge in [-0.15, -0.1) is 0 Å². The van der Waals surface area contributed by atoms with Crippen molar-refractivity contribution in [1.29, 1.82) is 0 Å². The van der Waals surface area contributed by atoms with E-state index in [9.17, 15) is 33.6 Å². The van der Waals surface area contributed by atoms with Gasteiger partial charge in [-0.25, -0.2) is 4.79 Å². The van der Waals surface area contributed by atoms with Crippen molar-refractivity contribution < 1.29 is 66.8 Å². The Bertz CT molecular complexity index is 1180. The zero-order chi connectivity index (χ0) is 30.3. The fourth-order valence-electron chi connectivity index (χ4n) is 4.20. The van der Waals surface area contributed by atoms with Gasteiger partial charge in [0.2, 0.25) is 0 Å². The lowest BCUT2D eigenvalue weighted by atomic mass is 9.98. The number of carbonyl (C=O) groups excluding carboxylic acids is 7. The summed E-state index contributed by atoms with van der Waals surface area (Å²) >= 11 is 0. The third kappa shape index (κ3) is 7.85. The molecule has 0 N–H and O–H groups in total. The summed E-state index contributed by atoms with van der Waals surface area (Å²) in [6.07, 6.45) is -7.08. The Morgan fingerprint density at radius 1 is 0.780 bits per heavy atom. The molecule has 1 fully saturated rings. The fraction of sp³-hybridized carbons (Fsp3) is 0.500. The van der Waals surface area contributed by atoms with Crippen LogP contribution in [0.2, 0.25) is 0 Å². The van der Waals surface area contributed by atoms with Crippen molar-refractivity contribution in [1.82, 2.24) is 5.06 Å². The van der Waals surface area contributed by atoms with Crippen LogP contribution in [0, 0.1) is 0 Å². The molecular weight excluding hydrogens is 550 g/mol. The maximum absolute atomic E-state index is 12.4. The lowest BCUT2D eigenvalue weighted by molar-refractivity contribution is -0.302. The number of methoxy groups -OCH3 is 1. The van der Waals surface area contributed by atoms with Crippen molar-refractivity contribution in [3.8, 4) is 0 Å². The number of rotatable bonds is 11. The van der Waals surface area contributed by atoms with Gasteiger partial charge in [-0.05, 0) is 18.6 Å². The third-order valence-corrected chi connectivity index (χ3v) is 5.85. The van der Waals surface area contributed by atoms with E-state index in [1.165, 1.54) is 19.2 Å². The molecule has 0 unspecified atom stereocenters. The van der Waals surface area contributed by atoms with E-state index in [2.05, 4.69) is 0 Å². The van der Waals surface area contributed by atoms with Crippen molar-refractivity contribution >= 4 is 41.7 Å². The molecule has 0 aliphatic carbocycles. The van der Waals surface area contributed by atoms with E-state index in [0.29, 0.717) is 5.06 Å². The monoisotopic (exact) mass is 579 g/mol. The quantitative estimate of drug-likeness (QED) is 0.202. The summed E-state index contributed by atoms with van der Waals surface area (Å²) in [6.45, 7) is 2.82. The van der Waals surface area contributed by atoms with E-state index in [1.807, 2.05) is 0 Å². The molecule has 15 nitrogen and oxygen atoms in total. The molecule has 0 aromatic heterocycles. The number of carbonyl (C=O) groups is 7. The highest BCUT2D eigenvalue weighted by Gasteiger charge is 2.52. The average molecular weight is 580 g/mol. The van der Waals surface area contributed by atoms with Crippen LogP contribution < -0.4 is 0 Å². The number of ether oxygens (including phenoxy) is 6. The second kappa shape index (κ2) is 13.8. The predicted molar refractivity (Wildman–Crippen MR) is 130 cm³/mol. The molecule has 1 aromatic carbocycles. The molecule has 1 saturated heterocycles. The largest absolute Gasteiger partial charge is 0.463 e. The van der Waals surface area contributed by atoms with E-state index in [0.717, 1.165) is 20.8 Å². The van der Waals surface area contributed by atoms with Crippen LogP contribution in [0.25, 0.3) is 0 Å². The van der Waals surface area contributed by atoms with E-state index >= 15 is 0 Å². The second-order valence-corrected chi connectivity index (χ2v) is 8.95. The summed E-state index contributed by atoms with van der Waals surface area (Å²) in [6, 6.07) is 6.00. The molecule has 2 aliphatic rings. The lowest BCUT2D eigenvalue weighted by Gasteiger charge is -2.43. The summed E-state index contributed by atoms with van der Waals surface area (Å²) < 4.78 is 31.9. The smallest absolute Gasteiger partial charge is 0.333 e.